The predicted molar refractivity (Wildman–Crippen MR) is 155 cm³/mol. The summed E-state index contributed by atoms with van der Waals surface area (Å²) in [7, 11) is -1.47. The van der Waals surface area contributed by atoms with Crippen LogP contribution in [0, 0.1) is 5.82 Å². The minimum absolute atomic E-state index is 0.234. The summed E-state index contributed by atoms with van der Waals surface area (Å²) in [4.78, 5) is 14.0. The lowest BCUT2D eigenvalue weighted by Crippen LogP contribution is -2.47. The molecule has 0 bridgehead atoms. The van der Waals surface area contributed by atoms with E-state index in [1.807, 2.05) is 36.8 Å². The molecule has 10 heteroatoms. The summed E-state index contributed by atoms with van der Waals surface area (Å²) in [5, 5.41) is 0. The van der Waals surface area contributed by atoms with Gasteiger partial charge in [-0.15, -0.1) is 0 Å². The summed E-state index contributed by atoms with van der Waals surface area (Å²) in [5.41, 5.74) is 5.36. The Kier molecular flexibility index (Phi) is 7.57. The number of nitrogens with zero attached hydrogens (tertiary/aromatic N) is 6. The third kappa shape index (κ3) is 5.48. The maximum Gasteiger partial charge on any atom is 0.241 e. The zero-order valence-electron chi connectivity index (χ0n) is 22.8. The highest BCUT2D eigenvalue weighted by molar-refractivity contribution is 7.93. The molecular weight excluding hydrogens is 527 g/mol. The number of sulfonamides is 1. The molecule has 0 radical (unpaired) electrons. The molecule has 0 unspecified atom stereocenters. The lowest BCUT2D eigenvalue weighted by molar-refractivity contribution is 0.213. The van der Waals surface area contributed by atoms with Crippen LogP contribution >= 0.6 is 0 Å². The van der Waals surface area contributed by atoms with Crippen LogP contribution in [0.5, 0.6) is 0 Å². The maximum absolute atomic E-state index is 13.6. The first-order valence-corrected chi connectivity index (χ1v) is 15.4. The second-order valence-corrected chi connectivity index (χ2v) is 12.8. The van der Waals surface area contributed by atoms with Crippen LogP contribution in [0.4, 0.5) is 4.39 Å². The van der Waals surface area contributed by atoms with Crippen LogP contribution in [0.25, 0.3) is 11.3 Å². The Balaban J connectivity index is 1.17. The van der Waals surface area contributed by atoms with E-state index in [1.54, 1.807) is 10.5 Å². The number of rotatable bonds is 6. The van der Waals surface area contributed by atoms with Gasteiger partial charge in [0.2, 0.25) is 10.0 Å². The molecule has 40 heavy (non-hydrogen) atoms. The van der Waals surface area contributed by atoms with Crippen molar-refractivity contribution in [2.24, 2.45) is 4.99 Å². The van der Waals surface area contributed by atoms with E-state index >= 15 is 0 Å². The molecule has 0 amide bonds. The highest BCUT2D eigenvalue weighted by Gasteiger charge is 2.33. The number of benzene rings is 2. The van der Waals surface area contributed by atoms with E-state index in [2.05, 4.69) is 37.5 Å². The van der Waals surface area contributed by atoms with Crippen molar-refractivity contribution in [2.75, 3.05) is 39.8 Å². The van der Waals surface area contributed by atoms with Crippen molar-refractivity contribution in [1.29, 1.82) is 0 Å². The molecule has 0 saturated carbocycles. The number of halogens is 1. The van der Waals surface area contributed by atoms with Gasteiger partial charge in [0.25, 0.3) is 0 Å². The van der Waals surface area contributed by atoms with E-state index in [4.69, 9.17) is 0 Å². The van der Waals surface area contributed by atoms with E-state index in [0.29, 0.717) is 37.3 Å². The van der Waals surface area contributed by atoms with Crippen molar-refractivity contribution in [2.45, 2.75) is 38.8 Å². The van der Waals surface area contributed by atoms with Gasteiger partial charge in [-0.3, -0.25) is 0 Å². The molecule has 1 aromatic heterocycles. The first-order valence-electron chi connectivity index (χ1n) is 13.9. The number of likely N-dealkylation sites (N-methyl/N-ethyl adjacent to an activating group) is 1. The molecule has 1 saturated heterocycles. The monoisotopic (exact) mass is 562 g/mol. The molecule has 0 aliphatic carbocycles. The number of hydrogen-bond donors (Lipinski definition) is 0. The lowest BCUT2D eigenvalue weighted by atomic mass is 9.94. The Morgan fingerprint density at radius 3 is 2.50 bits per heavy atom. The number of allylic oxidation sites excluding steroid dienone is 1. The fourth-order valence-corrected chi connectivity index (χ4v) is 7.35. The average molecular weight is 563 g/mol. The molecule has 3 aliphatic heterocycles. The van der Waals surface area contributed by atoms with Crippen molar-refractivity contribution in [3.63, 3.8) is 0 Å². The van der Waals surface area contributed by atoms with Crippen molar-refractivity contribution < 1.29 is 12.8 Å². The standard InChI is InChI=1S/C30H35FN6O2S/c1-34-15-17-35(18-16-34)30-10-9-26(19-33-30)40(38,39)37-14-12-27-24(21-37)3-2-4-28(27)29-20-32-22-36(29)13-11-23-5-7-25(31)8-6-23/h2-8,19-20,22H,9-18,21H2,1H3. The van der Waals surface area contributed by atoms with Gasteiger partial charge in [0.1, 0.15) is 11.7 Å². The van der Waals surface area contributed by atoms with Crippen LogP contribution in [-0.4, -0.2) is 77.7 Å². The van der Waals surface area contributed by atoms with Gasteiger partial charge in [0.05, 0.1) is 23.1 Å². The predicted octanol–water partition coefficient (Wildman–Crippen LogP) is 3.90. The second-order valence-electron chi connectivity index (χ2n) is 10.8. The quantitative estimate of drug-likeness (QED) is 0.456. The Morgan fingerprint density at radius 2 is 1.75 bits per heavy atom. The number of aromatic nitrogens is 2. The molecule has 0 spiro atoms. The minimum atomic E-state index is -3.59. The maximum atomic E-state index is 13.6. The van der Waals surface area contributed by atoms with E-state index < -0.39 is 10.0 Å². The first kappa shape index (κ1) is 26.9. The Bertz CT molecular complexity index is 1540. The van der Waals surface area contributed by atoms with Gasteiger partial charge in [0.15, 0.2) is 0 Å². The number of fused-ring (bicyclic) bond motifs is 1. The number of aliphatic imine (C=N–C) groups is 1. The van der Waals surface area contributed by atoms with Crippen LogP contribution < -0.4 is 0 Å². The normalized spacial score (nSPS) is 18.8. The molecule has 3 aliphatic rings. The molecule has 6 rings (SSSR count). The third-order valence-electron chi connectivity index (χ3n) is 8.27. The largest absolute Gasteiger partial charge is 0.357 e. The van der Waals surface area contributed by atoms with Gasteiger partial charge in [-0.2, -0.15) is 4.31 Å². The fraction of sp³-hybridized carbons (Fsp3) is 0.400. The van der Waals surface area contributed by atoms with Crippen LogP contribution in [-0.2, 0) is 36.0 Å². The van der Waals surface area contributed by atoms with Gasteiger partial charge < -0.3 is 14.4 Å². The molecule has 0 N–H and O–H groups in total. The summed E-state index contributed by atoms with van der Waals surface area (Å²) >= 11 is 0. The number of amidine groups is 1. The van der Waals surface area contributed by atoms with Gasteiger partial charge in [-0.25, -0.2) is 22.8 Å². The SMILES string of the molecule is CN1CCN(C2=NC=C(S(=O)(=O)N3CCc4c(cccc4-c4cncn4CCc4ccc(F)cc4)C3)CC2)CC1. The van der Waals surface area contributed by atoms with E-state index in [-0.39, 0.29) is 5.82 Å². The zero-order valence-corrected chi connectivity index (χ0v) is 23.7. The van der Waals surface area contributed by atoms with Crippen molar-refractivity contribution in [3.8, 4) is 11.3 Å². The van der Waals surface area contributed by atoms with Gasteiger partial charge >= 0.3 is 0 Å². The zero-order chi connectivity index (χ0) is 27.7. The molecule has 0 atom stereocenters. The summed E-state index contributed by atoms with van der Waals surface area (Å²) in [6.45, 7) is 5.36. The Labute approximate surface area is 235 Å². The molecule has 3 aromatic rings. The third-order valence-corrected chi connectivity index (χ3v) is 10.2. The highest BCUT2D eigenvalue weighted by Crippen LogP contribution is 2.33. The molecule has 210 valence electrons. The van der Waals surface area contributed by atoms with E-state index in [9.17, 15) is 12.8 Å². The molecule has 4 heterocycles. The number of hydrogen-bond acceptors (Lipinski definition) is 6. The summed E-state index contributed by atoms with van der Waals surface area (Å²) in [6, 6.07) is 12.7. The van der Waals surface area contributed by atoms with E-state index in [1.165, 1.54) is 17.7 Å². The van der Waals surface area contributed by atoms with Crippen LogP contribution in [0.1, 0.15) is 29.5 Å². The number of piperazine rings is 1. The van der Waals surface area contributed by atoms with Crippen LogP contribution in [0.3, 0.4) is 0 Å². The Morgan fingerprint density at radius 1 is 0.950 bits per heavy atom. The second kappa shape index (κ2) is 11.3. The van der Waals surface area contributed by atoms with Gasteiger partial charge in [0, 0.05) is 64.0 Å². The van der Waals surface area contributed by atoms with Crippen LogP contribution in [0.2, 0.25) is 0 Å². The summed E-state index contributed by atoms with van der Waals surface area (Å²) in [5.74, 6) is 0.763. The van der Waals surface area contributed by atoms with Crippen molar-refractivity contribution in [1.82, 2.24) is 23.7 Å². The average Bonchev–Trinajstić information content (AvgIpc) is 3.45. The smallest absolute Gasteiger partial charge is 0.241 e. The van der Waals surface area contributed by atoms with Crippen LogP contribution in [0.15, 0.2) is 71.1 Å². The van der Waals surface area contributed by atoms with Gasteiger partial charge in [-0.05, 0) is 55.1 Å². The Hall–Kier alpha value is -3.34. The van der Waals surface area contributed by atoms with Crippen molar-refractivity contribution >= 4 is 15.9 Å². The summed E-state index contributed by atoms with van der Waals surface area (Å²) in [6.07, 6.45) is 7.82. The number of aryl methyl sites for hydroxylation is 2. The van der Waals surface area contributed by atoms with Gasteiger partial charge in [-0.1, -0.05) is 30.3 Å². The highest BCUT2D eigenvalue weighted by atomic mass is 32.2. The van der Waals surface area contributed by atoms with Crippen molar-refractivity contribution in [3.05, 3.63) is 88.6 Å². The topological polar surface area (TPSA) is 74.0 Å². The molecule has 1 fully saturated rings. The summed E-state index contributed by atoms with van der Waals surface area (Å²) < 4.78 is 44.2. The minimum Gasteiger partial charge on any atom is -0.357 e. The molecule has 2 aromatic carbocycles. The fourth-order valence-electron chi connectivity index (χ4n) is 5.83. The molecule has 8 nitrogen and oxygen atoms in total. The lowest BCUT2D eigenvalue weighted by Gasteiger charge is -2.36. The number of imidazole rings is 1. The first-order chi connectivity index (χ1) is 19.4. The molecular formula is C30H35FN6O2S. The van der Waals surface area contributed by atoms with E-state index in [0.717, 1.165) is 67.4 Å².